The quantitative estimate of drug-likeness (QED) is 0.658. The minimum Gasteiger partial charge on any atom is -0.465 e. The highest BCUT2D eigenvalue weighted by Gasteiger charge is 2.27. The van der Waals surface area contributed by atoms with E-state index < -0.39 is 11.9 Å². The van der Waals surface area contributed by atoms with Crippen LogP contribution in [0.1, 0.15) is 22.8 Å². The van der Waals surface area contributed by atoms with Crippen molar-refractivity contribution in [2.45, 2.75) is 19.9 Å². The molecule has 1 N–H and O–H groups in total. The van der Waals surface area contributed by atoms with E-state index in [0.29, 0.717) is 23.4 Å². The van der Waals surface area contributed by atoms with Gasteiger partial charge in [-0.2, -0.15) is 0 Å². The van der Waals surface area contributed by atoms with Crippen molar-refractivity contribution >= 4 is 23.2 Å². The second kappa shape index (κ2) is 8.05. The molecule has 4 rings (SSSR count). The van der Waals surface area contributed by atoms with Crippen molar-refractivity contribution in [3.05, 3.63) is 69.3 Å². The zero-order chi connectivity index (χ0) is 20.4. The molecule has 0 atom stereocenters. The van der Waals surface area contributed by atoms with Gasteiger partial charge in [0.1, 0.15) is 6.54 Å². The largest absolute Gasteiger partial charge is 0.465 e. The number of aryl methyl sites for hydroxylation is 1. The molecule has 2 aromatic heterocycles. The Kier molecular flexibility index (Phi) is 5.31. The molecule has 0 spiro atoms. The van der Waals surface area contributed by atoms with Crippen LogP contribution >= 0.6 is 11.3 Å². The van der Waals surface area contributed by atoms with Gasteiger partial charge in [-0.05, 0) is 42.0 Å². The van der Waals surface area contributed by atoms with Crippen LogP contribution in [0.25, 0.3) is 21.7 Å². The van der Waals surface area contributed by atoms with Crippen molar-refractivity contribution in [2.75, 3.05) is 13.2 Å². The molecule has 3 aromatic rings. The number of esters is 1. The molecule has 0 fully saturated rings. The standard InChI is InChI=1S/C22H20N2O4S/c1-2-28-18(25)13-23-21(26)17-12-16(14-6-4-3-5-7-14)22(27)24-10-8-15-9-11-29-20(15)19(17)24/h3-7,9,11-12H,2,8,10,13H2,1H3,(H,23,26). The van der Waals surface area contributed by atoms with Gasteiger partial charge in [0.15, 0.2) is 0 Å². The van der Waals surface area contributed by atoms with E-state index in [1.54, 1.807) is 17.6 Å². The summed E-state index contributed by atoms with van der Waals surface area (Å²) in [4.78, 5) is 38.9. The molecular formula is C22H20N2O4S. The Morgan fingerprint density at radius 1 is 1.21 bits per heavy atom. The van der Waals surface area contributed by atoms with E-state index in [1.165, 1.54) is 11.3 Å². The number of ether oxygens (including phenoxy) is 1. The van der Waals surface area contributed by atoms with E-state index in [2.05, 4.69) is 5.32 Å². The Morgan fingerprint density at radius 3 is 2.76 bits per heavy atom. The third-order valence-corrected chi connectivity index (χ3v) is 5.85. The summed E-state index contributed by atoms with van der Waals surface area (Å²) in [6, 6.07) is 13.0. The molecule has 1 amide bonds. The molecule has 29 heavy (non-hydrogen) atoms. The second-order valence-corrected chi connectivity index (χ2v) is 7.57. The Bertz CT molecular complexity index is 1130. The molecule has 0 bridgehead atoms. The minimum atomic E-state index is -0.497. The van der Waals surface area contributed by atoms with Crippen LogP contribution in [0.4, 0.5) is 0 Å². The van der Waals surface area contributed by atoms with E-state index in [1.807, 2.05) is 41.8 Å². The predicted molar refractivity (Wildman–Crippen MR) is 112 cm³/mol. The monoisotopic (exact) mass is 408 g/mol. The molecule has 1 aliphatic rings. The lowest BCUT2D eigenvalue weighted by Crippen LogP contribution is -2.34. The van der Waals surface area contributed by atoms with E-state index in [9.17, 15) is 14.4 Å². The van der Waals surface area contributed by atoms with Crippen LogP contribution in [-0.2, 0) is 22.5 Å². The maximum Gasteiger partial charge on any atom is 0.325 e. The zero-order valence-corrected chi connectivity index (χ0v) is 16.8. The Balaban J connectivity index is 1.84. The third kappa shape index (κ3) is 3.61. The van der Waals surface area contributed by atoms with Crippen molar-refractivity contribution < 1.29 is 14.3 Å². The number of carbonyl (C=O) groups is 2. The van der Waals surface area contributed by atoms with Gasteiger partial charge in [0.2, 0.25) is 0 Å². The summed E-state index contributed by atoms with van der Waals surface area (Å²) >= 11 is 1.51. The number of rotatable bonds is 5. The normalized spacial score (nSPS) is 12.0. The topological polar surface area (TPSA) is 77.4 Å². The Morgan fingerprint density at radius 2 is 2.00 bits per heavy atom. The average Bonchev–Trinajstić information content (AvgIpc) is 3.22. The molecule has 6 nitrogen and oxygen atoms in total. The molecule has 0 radical (unpaired) electrons. The number of pyridine rings is 1. The fourth-order valence-corrected chi connectivity index (χ4v) is 4.58. The molecule has 0 unspecified atom stereocenters. The zero-order valence-electron chi connectivity index (χ0n) is 15.9. The van der Waals surface area contributed by atoms with Gasteiger partial charge in [-0.3, -0.25) is 14.4 Å². The number of benzene rings is 1. The molecule has 1 aromatic carbocycles. The lowest BCUT2D eigenvalue weighted by molar-refractivity contribution is -0.141. The maximum atomic E-state index is 13.2. The van der Waals surface area contributed by atoms with Crippen molar-refractivity contribution in [3.63, 3.8) is 0 Å². The lowest BCUT2D eigenvalue weighted by atomic mass is 9.98. The predicted octanol–water partition coefficient (Wildman–Crippen LogP) is 3.09. The van der Waals surface area contributed by atoms with Crippen LogP contribution in [0, 0.1) is 0 Å². The number of thiophene rings is 1. The van der Waals surface area contributed by atoms with E-state index in [4.69, 9.17) is 4.74 Å². The van der Waals surface area contributed by atoms with Crippen LogP contribution in [0.5, 0.6) is 0 Å². The second-order valence-electron chi connectivity index (χ2n) is 6.66. The molecule has 0 saturated carbocycles. The number of aromatic nitrogens is 1. The van der Waals surface area contributed by atoms with Crippen molar-refractivity contribution in [1.82, 2.24) is 9.88 Å². The van der Waals surface area contributed by atoms with Gasteiger partial charge in [0.25, 0.3) is 11.5 Å². The van der Waals surface area contributed by atoms with Gasteiger partial charge in [-0.25, -0.2) is 0 Å². The van der Waals surface area contributed by atoms with Crippen molar-refractivity contribution in [1.29, 1.82) is 0 Å². The summed E-state index contributed by atoms with van der Waals surface area (Å²) in [5.41, 5.74) is 3.23. The maximum absolute atomic E-state index is 13.2. The van der Waals surface area contributed by atoms with E-state index >= 15 is 0 Å². The lowest BCUT2D eigenvalue weighted by Gasteiger charge is -2.23. The fraction of sp³-hybridized carbons (Fsp3) is 0.227. The molecule has 148 valence electrons. The summed E-state index contributed by atoms with van der Waals surface area (Å²) in [5, 5.41) is 4.60. The molecule has 0 saturated heterocycles. The average molecular weight is 408 g/mol. The highest BCUT2D eigenvalue weighted by molar-refractivity contribution is 7.13. The summed E-state index contributed by atoms with van der Waals surface area (Å²) in [5.74, 6) is -0.900. The van der Waals surface area contributed by atoms with Gasteiger partial charge in [0.05, 0.1) is 22.7 Å². The van der Waals surface area contributed by atoms with Gasteiger partial charge in [0, 0.05) is 12.1 Å². The molecule has 7 heteroatoms. The smallest absolute Gasteiger partial charge is 0.325 e. The van der Waals surface area contributed by atoms with Gasteiger partial charge >= 0.3 is 5.97 Å². The van der Waals surface area contributed by atoms with Gasteiger partial charge < -0.3 is 14.6 Å². The van der Waals surface area contributed by atoms with Gasteiger partial charge in [-0.15, -0.1) is 11.3 Å². The van der Waals surface area contributed by atoms with E-state index in [0.717, 1.165) is 22.4 Å². The molecule has 0 aliphatic carbocycles. The third-order valence-electron chi connectivity index (χ3n) is 4.88. The van der Waals surface area contributed by atoms with Crippen LogP contribution in [0.15, 0.2) is 52.6 Å². The summed E-state index contributed by atoms with van der Waals surface area (Å²) in [6.07, 6.45) is 0.744. The first-order valence-electron chi connectivity index (χ1n) is 9.44. The van der Waals surface area contributed by atoms with Crippen LogP contribution in [0.2, 0.25) is 0 Å². The first kappa shape index (κ1) is 19.1. The first-order chi connectivity index (χ1) is 14.1. The highest BCUT2D eigenvalue weighted by Crippen LogP contribution is 2.36. The van der Waals surface area contributed by atoms with Gasteiger partial charge in [-0.1, -0.05) is 30.3 Å². The number of carbonyl (C=O) groups excluding carboxylic acids is 2. The van der Waals surface area contributed by atoms with Crippen LogP contribution in [0.3, 0.4) is 0 Å². The Labute approximate surface area is 171 Å². The Hall–Kier alpha value is -3.19. The molecule has 3 heterocycles. The van der Waals surface area contributed by atoms with Crippen LogP contribution in [-0.4, -0.2) is 29.6 Å². The van der Waals surface area contributed by atoms with E-state index in [-0.39, 0.29) is 18.7 Å². The fourth-order valence-electron chi connectivity index (χ4n) is 3.55. The molecule has 1 aliphatic heterocycles. The van der Waals surface area contributed by atoms with Crippen LogP contribution < -0.4 is 10.9 Å². The van der Waals surface area contributed by atoms with Crippen molar-refractivity contribution in [3.8, 4) is 21.7 Å². The summed E-state index contributed by atoms with van der Waals surface area (Å²) in [7, 11) is 0. The summed E-state index contributed by atoms with van der Waals surface area (Å²) in [6.45, 7) is 2.26. The van der Waals surface area contributed by atoms with Crippen molar-refractivity contribution in [2.24, 2.45) is 0 Å². The SMILES string of the molecule is CCOC(=O)CNC(=O)c1cc(-c2ccccc2)c(=O)n2c1-c1sccc1CC2. The number of amides is 1. The number of hydrogen-bond acceptors (Lipinski definition) is 5. The minimum absolute atomic E-state index is 0.118. The first-order valence-corrected chi connectivity index (χ1v) is 10.3. The highest BCUT2D eigenvalue weighted by atomic mass is 32.1. The number of nitrogens with one attached hydrogen (secondary N) is 1. The number of fused-ring (bicyclic) bond motifs is 3. The number of nitrogens with zero attached hydrogens (tertiary/aromatic N) is 1. The summed E-state index contributed by atoms with van der Waals surface area (Å²) < 4.78 is 6.57. The molecular weight excluding hydrogens is 388 g/mol. The number of hydrogen-bond donors (Lipinski definition) is 1.